The highest BCUT2D eigenvalue weighted by Crippen LogP contribution is 2.26. The number of halogens is 1. The van der Waals surface area contributed by atoms with Crippen LogP contribution in [0.4, 0.5) is 0 Å². The fourth-order valence-corrected chi connectivity index (χ4v) is 4.67. The summed E-state index contributed by atoms with van der Waals surface area (Å²) in [5, 5.41) is 5.70. The van der Waals surface area contributed by atoms with Crippen molar-refractivity contribution in [2.24, 2.45) is 5.92 Å². The molecule has 0 radical (unpaired) electrons. The van der Waals surface area contributed by atoms with Gasteiger partial charge < -0.3 is 10.2 Å². The summed E-state index contributed by atoms with van der Waals surface area (Å²) in [7, 11) is 0. The van der Waals surface area contributed by atoms with Gasteiger partial charge in [-0.3, -0.25) is 9.59 Å². The fraction of sp³-hybridized carbons (Fsp3) is 0.250. The monoisotopic (exact) mass is 438 g/mol. The highest BCUT2D eigenvalue weighted by Gasteiger charge is 2.27. The number of rotatable bonds is 5. The van der Waals surface area contributed by atoms with Crippen LogP contribution in [0.1, 0.15) is 28.8 Å². The molecule has 1 saturated heterocycles. The lowest BCUT2D eigenvalue weighted by molar-refractivity contribution is -0.126. The largest absolute Gasteiger partial charge is 0.352 e. The predicted octanol–water partition coefficient (Wildman–Crippen LogP) is 5.24. The van der Waals surface area contributed by atoms with Gasteiger partial charge >= 0.3 is 0 Å². The van der Waals surface area contributed by atoms with Gasteiger partial charge in [0.1, 0.15) is 0 Å². The van der Waals surface area contributed by atoms with Crippen molar-refractivity contribution in [1.29, 1.82) is 0 Å². The number of thiophene rings is 1. The van der Waals surface area contributed by atoms with Crippen LogP contribution in [-0.2, 0) is 11.3 Å². The Bertz CT molecular complexity index is 1010. The first-order chi connectivity index (χ1) is 14.6. The molecule has 1 fully saturated rings. The minimum atomic E-state index is -0.0607. The molecule has 0 spiro atoms. The Morgan fingerprint density at radius 3 is 2.47 bits per heavy atom. The zero-order valence-electron chi connectivity index (χ0n) is 16.5. The van der Waals surface area contributed by atoms with E-state index >= 15 is 0 Å². The maximum atomic E-state index is 12.8. The van der Waals surface area contributed by atoms with Crippen molar-refractivity contribution in [2.45, 2.75) is 19.4 Å². The first kappa shape index (κ1) is 20.6. The molecular weight excluding hydrogens is 416 g/mol. The van der Waals surface area contributed by atoms with Gasteiger partial charge in [-0.1, -0.05) is 41.9 Å². The maximum Gasteiger partial charge on any atom is 0.253 e. The quantitative estimate of drug-likeness (QED) is 0.592. The molecule has 1 aromatic heterocycles. The van der Waals surface area contributed by atoms with E-state index in [1.54, 1.807) is 11.3 Å². The van der Waals surface area contributed by atoms with Crippen LogP contribution < -0.4 is 5.32 Å². The first-order valence-electron chi connectivity index (χ1n) is 10.1. The van der Waals surface area contributed by atoms with Gasteiger partial charge in [0, 0.05) is 41.0 Å². The summed E-state index contributed by atoms with van der Waals surface area (Å²) in [5.41, 5.74) is 2.80. The zero-order chi connectivity index (χ0) is 20.9. The standard InChI is InChI=1S/C24H23ClN2O2S/c25-21-4-1-3-17(15-21)16-26-23(28)19-10-12-27(13-11-19)24(29)20-8-6-18(7-9-20)22-5-2-14-30-22/h1-9,14-15,19H,10-13,16H2,(H,26,28). The van der Waals surface area contributed by atoms with Crippen LogP contribution in [0.3, 0.4) is 0 Å². The minimum Gasteiger partial charge on any atom is -0.352 e. The Morgan fingerprint density at radius 2 is 1.80 bits per heavy atom. The molecule has 0 saturated carbocycles. The summed E-state index contributed by atoms with van der Waals surface area (Å²) in [6, 6.07) is 19.4. The smallest absolute Gasteiger partial charge is 0.253 e. The molecule has 4 nitrogen and oxygen atoms in total. The SMILES string of the molecule is O=C(NCc1cccc(Cl)c1)C1CCN(C(=O)c2ccc(-c3cccs3)cc2)CC1. The van der Waals surface area contributed by atoms with Gasteiger partial charge in [0.15, 0.2) is 0 Å². The molecule has 0 aliphatic carbocycles. The van der Waals surface area contributed by atoms with Crippen molar-refractivity contribution >= 4 is 34.8 Å². The summed E-state index contributed by atoms with van der Waals surface area (Å²) < 4.78 is 0. The number of piperidine rings is 1. The number of hydrogen-bond donors (Lipinski definition) is 1. The molecular formula is C24H23ClN2O2S. The van der Waals surface area contributed by atoms with Crippen LogP contribution in [-0.4, -0.2) is 29.8 Å². The third-order valence-corrected chi connectivity index (χ3v) is 6.60. The second-order valence-corrected chi connectivity index (χ2v) is 8.85. The zero-order valence-corrected chi connectivity index (χ0v) is 18.1. The first-order valence-corrected chi connectivity index (χ1v) is 11.3. The third kappa shape index (κ3) is 4.91. The van der Waals surface area contributed by atoms with Gasteiger partial charge in [0.05, 0.1) is 0 Å². The van der Waals surface area contributed by atoms with Gasteiger partial charge in [-0.05, 0) is 59.7 Å². The van der Waals surface area contributed by atoms with Crippen LogP contribution in [0.5, 0.6) is 0 Å². The lowest BCUT2D eigenvalue weighted by Crippen LogP contribution is -2.42. The van der Waals surface area contributed by atoms with E-state index in [-0.39, 0.29) is 17.7 Å². The summed E-state index contributed by atoms with van der Waals surface area (Å²) >= 11 is 7.67. The highest BCUT2D eigenvalue weighted by atomic mass is 35.5. The number of carbonyl (C=O) groups excluding carboxylic acids is 2. The second kappa shape index (κ2) is 9.45. The Kier molecular flexibility index (Phi) is 6.50. The summed E-state index contributed by atoms with van der Waals surface area (Å²) in [5.74, 6) is 0.0160. The van der Waals surface area contributed by atoms with E-state index in [4.69, 9.17) is 11.6 Å². The van der Waals surface area contributed by atoms with Crippen molar-refractivity contribution in [3.63, 3.8) is 0 Å². The van der Waals surface area contributed by atoms with E-state index in [1.165, 1.54) is 4.88 Å². The Morgan fingerprint density at radius 1 is 1.03 bits per heavy atom. The van der Waals surface area contributed by atoms with Gasteiger partial charge in [-0.15, -0.1) is 11.3 Å². The Balaban J connectivity index is 1.28. The molecule has 6 heteroatoms. The molecule has 0 unspecified atom stereocenters. The van der Waals surface area contributed by atoms with E-state index in [9.17, 15) is 9.59 Å². The van der Waals surface area contributed by atoms with Gasteiger partial charge in [-0.2, -0.15) is 0 Å². The molecule has 3 aromatic rings. The molecule has 4 rings (SSSR count). The van der Waals surface area contributed by atoms with E-state index in [1.807, 2.05) is 64.9 Å². The average Bonchev–Trinajstić information content (AvgIpc) is 3.32. The number of carbonyl (C=O) groups is 2. The van der Waals surface area contributed by atoms with E-state index < -0.39 is 0 Å². The van der Waals surface area contributed by atoms with Gasteiger partial charge in [-0.25, -0.2) is 0 Å². The molecule has 30 heavy (non-hydrogen) atoms. The number of hydrogen-bond acceptors (Lipinski definition) is 3. The van der Waals surface area contributed by atoms with Crippen molar-refractivity contribution in [3.05, 3.63) is 82.2 Å². The van der Waals surface area contributed by atoms with E-state index in [0.29, 0.717) is 43.1 Å². The topological polar surface area (TPSA) is 49.4 Å². The van der Waals surface area contributed by atoms with Gasteiger partial charge in [0.2, 0.25) is 5.91 Å². The van der Waals surface area contributed by atoms with Crippen LogP contribution in [0.2, 0.25) is 5.02 Å². The molecule has 2 amide bonds. The number of likely N-dealkylation sites (tertiary alicyclic amines) is 1. The second-order valence-electron chi connectivity index (χ2n) is 7.47. The average molecular weight is 439 g/mol. The van der Waals surface area contributed by atoms with Crippen LogP contribution in [0, 0.1) is 5.92 Å². The molecule has 2 aromatic carbocycles. The Hall–Kier alpha value is -2.63. The van der Waals surface area contributed by atoms with E-state index in [0.717, 1.165) is 11.1 Å². The van der Waals surface area contributed by atoms with Crippen molar-refractivity contribution in [3.8, 4) is 10.4 Å². The van der Waals surface area contributed by atoms with E-state index in [2.05, 4.69) is 11.4 Å². The van der Waals surface area contributed by atoms with Crippen molar-refractivity contribution in [2.75, 3.05) is 13.1 Å². The lowest BCUT2D eigenvalue weighted by atomic mass is 9.95. The summed E-state index contributed by atoms with van der Waals surface area (Å²) in [4.78, 5) is 28.4. The van der Waals surface area contributed by atoms with Crippen LogP contribution in [0.15, 0.2) is 66.0 Å². The molecule has 154 valence electrons. The maximum absolute atomic E-state index is 12.8. The normalized spacial score (nSPS) is 14.5. The third-order valence-electron chi connectivity index (χ3n) is 5.45. The molecule has 0 atom stereocenters. The number of benzene rings is 2. The van der Waals surface area contributed by atoms with Gasteiger partial charge in [0.25, 0.3) is 5.91 Å². The van der Waals surface area contributed by atoms with Crippen LogP contribution >= 0.6 is 22.9 Å². The molecule has 1 aliphatic heterocycles. The van der Waals surface area contributed by atoms with Crippen LogP contribution in [0.25, 0.3) is 10.4 Å². The molecule has 0 bridgehead atoms. The molecule has 2 heterocycles. The molecule has 1 N–H and O–H groups in total. The predicted molar refractivity (Wildman–Crippen MR) is 122 cm³/mol. The number of nitrogens with one attached hydrogen (secondary N) is 1. The molecule has 1 aliphatic rings. The summed E-state index contributed by atoms with van der Waals surface area (Å²) in [6.45, 7) is 1.66. The lowest BCUT2D eigenvalue weighted by Gasteiger charge is -2.31. The summed E-state index contributed by atoms with van der Waals surface area (Å²) in [6.07, 6.45) is 1.36. The fourth-order valence-electron chi connectivity index (χ4n) is 3.73. The van der Waals surface area contributed by atoms with Crippen molar-refractivity contribution in [1.82, 2.24) is 10.2 Å². The van der Waals surface area contributed by atoms with Crippen molar-refractivity contribution < 1.29 is 9.59 Å². The Labute approximate surface area is 185 Å². The highest BCUT2D eigenvalue weighted by molar-refractivity contribution is 7.13. The minimum absolute atomic E-state index is 0.0329. The number of amides is 2. The number of nitrogens with zero attached hydrogens (tertiary/aromatic N) is 1.